The van der Waals surface area contributed by atoms with Crippen molar-refractivity contribution in [2.45, 2.75) is 6.61 Å². The fraction of sp³-hybridized carbons (Fsp3) is 0.0400. The van der Waals surface area contributed by atoms with Crippen molar-refractivity contribution < 1.29 is 19.0 Å². The van der Waals surface area contributed by atoms with E-state index in [9.17, 15) is 9.90 Å². The van der Waals surface area contributed by atoms with Gasteiger partial charge in [0.05, 0.1) is 11.1 Å². The molecule has 0 unspecified atom stereocenters. The summed E-state index contributed by atoms with van der Waals surface area (Å²) in [6.07, 6.45) is 0. The summed E-state index contributed by atoms with van der Waals surface area (Å²) in [5, 5.41) is 9.36. The number of nitrogens with zero attached hydrogens (tertiary/aromatic N) is 2. The van der Waals surface area contributed by atoms with Crippen LogP contribution in [0.3, 0.4) is 0 Å². The Morgan fingerprint density at radius 1 is 1.00 bits per heavy atom. The Labute approximate surface area is 199 Å². The van der Waals surface area contributed by atoms with Crippen LogP contribution in [0.1, 0.15) is 15.2 Å². The number of aromatic carboxylic acids is 1. The lowest BCUT2D eigenvalue weighted by Crippen LogP contribution is -2.00. The maximum Gasteiger partial charge on any atom is 0.346 e. The average molecular weight is 481 g/mol. The number of hydrogen-bond acceptors (Lipinski definition) is 4. The molecule has 33 heavy (non-hydrogen) atoms. The van der Waals surface area contributed by atoms with E-state index in [0.29, 0.717) is 34.1 Å². The van der Waals surface area contributed by atoms with Crippen LogP contribution in [0, 0.1) is 5.82 Å². The lowest BCUT2D eigenvalue weighted by Gasteiger charge is -2.11. The van der Waals surface area contributed by atoms with Gasteiger partial charge in [-0.05, 0) is 35.9 Å². The minimum atomic E-state index is -1.01. The minimum Gasteiger partial charge on any atom is -0.489 e. The van der Waals surface area contributed by atoms with E-state index in [2.05, 4.69) is 4.98 Å². The molecule has 0 bridgehead atoms. The third-order valence-corrected chi connectivity index (χ3v) is 6.01. The number of para-hydroxylation sites is 1. The van der Waals surface area contributed by atoms with Gasteiger partial charge in [-0.15, -0.1) is 23.7 Å². The number of rotatable bonds is 6. The van der Waals surface area contributed by atoms with Crippen LogP contribution in [0.25, 0.3) is 27.4 Å². The topological polar surface area (TPSA) is 64.3 Å². The normalized spacial score (nSPS) is 10.7. The zero-order chi connectivity index (χ0) is 22.1. The Kier molecular flexibility index (Phi) is 6.44. The van der Waals surface area contributed by atoms with Crippen LogP contribution in [0.5, 0.6) is 5.75 Å². The molecule has 0 fully saturated rings. The Bertz CT molecular complexity index is 1420. The highest BCUT2D eigenvalue weighted by atomic mass is 35.5. The molecule has 0 saturated carbocycles. The molecule has 0 amide bonds. The summed E-state index contributed by atoms with van der Waals surface area (Å²) in [7, 11) is 0. The van der Waals surface area contributed by atoms with E-state index in [1.165, 1.54) is 6.07 Å². The molecule has 2 heterocycles. The van der Waals surface area contributed by atoms with E-state index < -0.39 is 11.8 Å². The van der Waals surface area contributed by atoms with Gasteiger partial charge < -0.3 is 9.84 Å². The van der Waals surface area contributed by atoms with Crippen molar-refractivity contribution in [3.8, 4) is 22.8 Å². The van der Waals surface area contributed by atoms with Crippen LogP contribution in [0.4, 0.5) is 4.39 Å². The van der Waals surface area contributed by atoms with Crippen molar-refractivity contribution in [2.24, 2.45) is 0 Å². The highest BCUT2D eigenvalue weighted by Crippen LogP contribution is 2.35. The summed E-state index contributed by atoms with van der Waals surface area (Å²) < 4.78 is 22.7. The Morgan fingerprint density at radius 3 is 2.36 bits per heavy atom. The summed E-state index contributed by atoms with van der Waals surface area (Å²) in [6, 6.07) is 25.3. The molecule has 0 atom stereocenters. The quantitative estimate of drug-likeness (QED) is 0.297. The largest absolute Gasteiger partial charge is 0.489 e. The van der Waals surface area contributed by atoms with Gasteiger partial charge in [-0.3, -0.25) is 4.57 Å². The summed E-state index contributed by atoms with van der Waals surface area (Å²) in [5.41, 5.74) is 2.69. The second-order valence-electron chi connectivity index (χ2n) is 7.13. The molecule has 3 aromatic carbocycles. The monoisotopic (exact) mass is 480 g/mol. The van der Waals surface area contributed by atoms with E-state index in [-0.39, 0.29) is 17.3 Å². The molecule has 1 N–H and O–H groups in total. The van der Waals surface area contributed by atoms with Gasteiger partial charge in [-0.2, -0.15) is 0 Å². The number of hydrogen-bond donors (Lipinski definition) is 1. The van der Waals surface area contributed by atoms with Gasteiger partial charge in [0.1, 0.15) is 33.7 Å². The number of carbonyl (C=O) groups is 1. The van der Waals surface area contributed by atoms with Crippen LogP contribution < -0.4 is 4.74 Å². The van der Waals surface area contributed by atoms with E-state index in [1.54, 1.807) is 22.8 Å². The second-order valence-corrected chi connectivity index (χ2v) is 8.16. The molecule has 0 saturated heterocycles. The zero-order valence-electron chi connectivity index (χ0n) is 17.1. The summed E-state index contributed by atoms with van der Waals surface area (Å²) in [6.45, 7) is 0.339. The molecule has 166 valence electrons. The SMILES string of the molecule is Cl.O=C(O)c1cc2c(nc(-c3ccc(OCc4ccccc4)cc3F)n2-c2ccccc2)s1. The number of benzene rings is 3. The van der Waals surface area contributed by atoms with Gasteiger partial charge in [-0.1, -0.05) is 48.5 Å². The van der Waals surface area contributed by atoms with Gasteiger partial charge in [0.15, 0.2) is 0 Å². The zero-order valence-corrected chi connectivity index (χ0v) is 18.8. The predicted molar refractivity (Wildman–Crippen MR) is 129 cm³/mol. The number of fused-ring (bicyclic) bond motifs is 1. The number of imidazole rings is 1. The molecule has 0 aliphatic carbocycles. The molecule has 8 heteroatoms. The molecule has 5 aromatic rings. The lowest BCUT2D eigenvalue weighted by molar-refractivity contribution is 0.0702. The standard InChI is InChI=1S/C25H17FN2O3S.ClH/c26-20-13-18(31-15-16-7-3-1-4-8-16)11-12-19(20)23-27-24-21(14-22(32-24)25(29)30)28(23)17-9-5-2-6-10-17;/h1-14H,15H2,(H,29,30);1H. The van der Waals surface area contributed by atoms with Crippen LogP contribution >= 0.6 is 23.7 Å². The van der Waals surface area contributed by atoms with Crippen molar-refractivity contribution in [3.05, 3.63) is 101 Å². The molecule has 0 spiro atoms. The van der Waals surface area contributed by atoms with E-state index in [1.807, 2.05) is 60.7 Å². The summed E-state index contributed by atoms with van der Waals surface area (Å²) >= 11 is 1.07. The van der Waals surface area contributed by atoms with E-state index in [4.69, 9.17) is 4.74 Å². The Hall–Kier alpha value is -3.68. The van der Waals surface area contributed by atoms with Crippen LogP contribution in [0.15, 0.2) is 84.9 Å². The predicted octanol–water partition coefficient (Wildman–Crippen LogP) is 6.59. The van der Waals surface area contributed by atoms with Crippen molar-refractivity contribution in [2.75, 3.05) is 0 Å². The number of aromatic nitrogens is 2. The first-order valence-electron chi connectivity index (χ1n) is 9.88. The lowest BCUT2D eigenvalue weighted by atomic mass is 10.1. The number of ether oxygens (including phenoxy) is 1. The first-order chi connectivity index (χ1) is 15.6. The van der Waals surface area contributed by atoms with Crippen molar-refractivity contribution >= 4 is 40.1 Å². The number of carboxylic acid groups (broad SMARTS) is 1. The fourth-order valence-electron chi connectivity index (χ4n) is 3.50. The molecule has 0 aliphatic heterocycles. The number of carboxylic acids is 1. The van der Waals surface area contributed by atoms with Gasteiger partial charge in [0.25, 0.3) is 0 Å². The van der Waals surface area contributed by atoms with E-state index in [0.717, 1.165) is 22.6 Å². The average Bonchev–Trinajstić information content (AvgIpc) is 3.37. The third kappa shape index (κ3) is 4.46. The van der Waals surface area contributed by atoms with Crippen LogP contribution in [-0.2, 0) is 6.61 Å². The third-order valence-electron chi connectivity index (χ3n) is 5.01. The fourth-order valence-corrected chi connectivity index (χ4v) is 4.36. The Morgan fingerprint density at radius 2 is 1.70 bits per heavy atom. The molecule has 0 aliphatic rings. The summed E-state index contributed by atoms with van der Waals surface area (Å²) in [5.74, 6) is -0.659. The first-order valence-corrected chi connectivity index (χ1v) is 10.7. The summed E-state index contributed by atoms with van der Waals surface area (Å²) in [4.78, 5) is 16.7. The highest BCUT2D eigenvalue weighted by Gasteiger charge is 2.21. The minimum absolute atomic E-state index is 0. The molecule has 5 rings (SSSR count). The van der Waals surface area contributed by atoms with Gasteiger partial charge in [-0.25, -0.2) is 14.2 Å². The van der Waals surface area contributed by atoms with Crippen molar-refractivity contribution in [1.82, 2.24) is 9.55 Å². The molecule has 0 radical (unpaired) electrons. The Balaban J connectivity index is 0.00000259. The molecule has 5 nitrogen and oxygen atoms in total. The smallest absolute Gasteiger partial charge is 0.346 e. The highest BCUT2D eigenvalue weighted by molar-refractivity contribution is 7.20. The van der Waals surface area contributed by atoms with Crippen LogP contribution in [0.2, 0.25) is 0 Å². The maximum atomic E-state index is 15.2. The molecular formula is C25H18ClFN2O3S. The number of halogens is 2. The second kappa shape index (κ2) is 9.44. The first kappa shape index (κ1) is 22.5. The molecule has 2 aromatic heterocycles. The maximum absolute atomic E-state index is 15.2. The molecular weight excluding hydrogens is 463 g/mol. The van der Waals surface area contributed by atoms with Crippen molar-refractivity contribution in [3.63, 3.8) is 0 Å². The van der Waals surface area contributed by atoms with Gasteiger partial charge in [0, 0.05) is 11.8 Å². The van der Waals surface area contributed by atoms with E-state index >= 15 is 4.39 Å². The van der Waals surface area contributed by atoms with Crippen LogP contribution in [-0.4, -0.2) is 20.6 Å². The van der Waals surface area contributed by atoms with Crippen molar-refractivity contribution in [1.29, 1.82) is 0 Å². The van der Waals surface area contributed by atoms with Gasteiger partial charge >= 0.3 is 5.97 Å². The number of thiophene rings is 1. The van der Waals surface area contributed by atoms with Gasteiger partial charge in [0.2, 0.25) is 0 Å².